The van der Waals surface area contributed by atoms with Crippen molar-refractivity contribution >= 4 is 47.4 Å². The van der Waals surface area contributed by atoms with E-state index in [-0.39, 0.29) is 29.9 Å². The highest BCUT2D eigenvalue weighted by atomic mass is 127. The van der Waals surface area contributed by atoms with Gasteiger partial charge in [0, 0.05) is 57.2 Å². The number of carbonyl (C=O) groups is 1. The van der Waals surface area contributed by atoms with Gasteiger partial charge in [0.1, 0.15) is 0 Å². The molecule has 2 heterocycles. The number of nitrogens with zero attached hydrogens (tertiary/aromatic N) is 5. The van der Waals surface area contributed by atoms with Crippen molar-refractivity contribution in [2.75, 3.05) is 39.8 Å². The minimum atomic E-state index is 0. The van der Waals surface area contributed by atoms with Crippen molar-refractivity contribution in [3.8, 4) is 0 Å². The van der Waals surface area contributed by atoms with E-state index in [9.17, 15) is 4.79 Å². The molecule has 1 N–H and O–H groups in total. The standard InChI is InChI=1S/C19H25ClN6O.HI/c1-21-19(22-7-9-26-8-3-6-23-26)25-12-10-24(11-13-25)18(27)15-16-4-2-5-17(20)14-16;/h2-6,8,14H,7,9-13,15H2,1H3,(H,21,22);1H. The van der Waals surface area contributed by atoms with E-state index in [1.165, 1.54) is 0 Å². The number of benzene rings is 1. The zero-order valence-corrected chi connectivity index (χ0v) is 19.0. The van der Waals surface area contributed by atoms with Gasteiger partial charge in [0.15, 0.2) is 5.96 Å². The van der Waals surface area contributed by atoms with Crippen molar-refractivity contribution in [1.82, 2.24) is 24.9 Å². The van der Waals surface area contributed by atoms with Crippen LogP contribution in [0.2, 0.25) is 5.02 Å². The van der Waals surface area contributed by atoms with Crippen molar-refractivity contribution in [2.24, 2.45) is 4.99 Å². The third-order valence-electron chi connectivity index (χ3n) is 4.57. The minimum absolute atomic E-state index is 0. The number of aliphatic imine (C=N–C) groups is 1. The zero-order valence-electron chi connectivity index (χ0n) is 15.9. The maximum absolute atomic E-state index is 12.5. The Hall–Kier alpha value is -1.81. The van der Waals surface area contributed by atoms with Crippen LogP contribution in [0.25, 0.3) is 0 Å². The molecule has 0 aliphatic carbocycles. The van der Waals surface area contributed by atoms with Crippen LogP contribution in [0, 0.1) is 0 Å². The van der Waals surface area contributed by atoms with Crippen molar-refractivity contribution in [3.63, 3.8) is 0 Å². The lowest BCUT2D eigenvalue weighted by molar-refractivity contribution is -0.131. The molecule has 1 aliphatic heterocycles. The van der Waals surface area contributed by atoms with Crippen molar-refractivity contribution in [2.45, 2.75) is 13.0 Å². The molecule has 7 nitrogen and oxygen atoms in total. The fraction of sp³-hybridized carbons (Fsp3) is 0.421. The summed E-state index contributed by atoms with van der Waals surface area (Å²) in [5, 5.41) is 8.22. The van der Waals surface area contributed by atoms with E-state index >= 15 is 0 Å². The summed E-state index contributed by atoms with van der Waals surface area (Å²) in [5.74, 6) is 1.00. The third-order valence-corrected chi connectivity index (χ3v) is 4.81. The van der Waals surface area contributed by atoms with Crippen molar-refractivity contribution in [3.05, 3.63) is 53.3 Å². The Bertz CT molecular complexity index is 774. The number of nitrogens with one attached hydrogen (secondary N) is 1. The molecule has 9 heteroatoms. The van der Waals surface area contributed by atoms with Crippen LogP contribution in [0.15, 0.2) is 47.7 Å². The van der Waals surface area contributed by atoms with Gasteiger partial charge in [-0.25, -0.2) is 0 Å². The highest BCUT2D eigenvalue weighted by Crippen LogP contribution is 2.13. The first-order valence-corrected chi connectivity index (χ1v) is 9.49. The number of carbonyl (C=O) groups excluding carboxylic acids is 1. The summed E-state index contributed by atoms with van der Waals surface area (Å²) in [6.45, 7) is 4.45. The second kappa shape index (κ2) is 11.3. The largest absolute Gasteiger partial charge is 0.354 e. The van der Waals surface area contributed by atoms with E-state index in [2.05, 4.69) is 20.3 Å². The molecule has 28 heavy (non-hydrogen) atoms. The molecule has 0 spiro atoms. The fourth-order valence-corrected chi connectivity index (χ4v) is 3.36. The van der Waals surface area contributed by atoms with Gasteiger partial charge >= 0.3 is 0 Å². The lowest BCUT2D eigenvalue weighted by atomic mass is 10.1. The summed E-state index contributed by atoms with van der Waals surface area (Å²) < 4.78 is 1.88. The van der Waals surface area contributed by atoms with Crippen LogP contribution in [0.5, 0.6) is 0 Å². The van der Waals surface area contributed by atoms with E-state index < -0.39 is 0 Å². The molecular formula is C19H26ClIN6O. The second-order valence-electron chi connectivity index (χ2n) is 6.42. The normalized spacial score (nSPS) is 14.6. The van der Waals surface area contributed by atoms with Crippen LogP contribution in [0.3, 0.4) is 0 Å². The lowest BCUT2D eigenvalue weighted by Crippen LogP contribution is -2.54. The first-order valence-electron chi connectivity index (χ1n) is 9.11. The van der Waals surface area contributed by atoms with Gasteiger partial charge < -0.3 is 15.1 Å². The second-order valence-corrected chi connectivity index (χ2v) is 6.85. The molecule has 3 rings (SSSR count). The number of halogens is 2. The topological polar surface area (TPSA) is 65.8 Å². The summed E-state index contributed by atoms with van der Waals surface area (Å²) in [6, 6.07) is 9.39. The fourth-order valence-electron chi connectivity index (χ4n) is 3.15. The molecular weight excluding hydrogens is 491 g/mol. The van der Waals surface area contributed by atoms with E-state index in [0.29, 0.717) is 24.5 Å². The number of hydrogen-bond donors (Lipinski definition) is 1. The van der Waals surface area contributed by atoms with E-state index in [1.54, 1.807) is 13.2 Å². The van der Waals surface area contributed by atoms with E-state index in [4.69, 9.17) is 11.6 Å². The van der Waals surface area contributed by atoms with Gasteiger partial charge in [0.25, 0.3) is 0 Å². The Morgan fingerprint density at radius 3 is 2.61 bits per heavy atom. The van der Waals surface area contributed by atoms with Gasteiger partial charge in [-0.15, -0.1) is 24.0 Å². The number of hydrogen-bond acceptors (Lipinski definition) is 3. The van der Waals surface area contributed by atoms with Crippen LogP contribution in [0.4, 0.5) is 0 Å². The van der Waals surface area contributed by atoms with Gasteiger partial charge in [-0.2, -0.15) is 5.10 Å². The minimum Gasteiger partial charge on any atom is -0.354 e. The molecule has 1 saturated heterocycles. The average molecular weight is 517 g/mol. The van der Waals surface area contributed by atoms with Gasteiger partial charge in [0.2, 0.25) is 5.91 Å². The maximum Gasteiger partial charge on any atom is 0.227 e. The molecule has 1 aliphatic rings. The van der Waals surface area contributed by atoms with Gasteiger partial charge in [-0.3, -0.25) is 14.5 Å². The van der Waals surface area contributed by atoms with Gasteiger partial charge in [-0.05, 0) is 23.8 Å². The summed E-state index contributed by atoms with van der Waals surface area (Å²) in [5.41, 5.74) is 0.950. The van der Waals surface area contributed by atoms with Crippen LogP contribution in [-0.2, 0) is 17.8 Å². The molecule has 2 aromatic rings. The van der Waals surface area contributed by atoms with E-state index in [0.717, 1.165) is 37.7 Å². The van der Waals surface area contributed by atoms with Gasteiger partial charge in [0.05, 0.1) is 13.0 Å². The monoisotopic (exact) mass is 516 g/mol. The Morgan fingerprint density at radius 1 is 1.21 bits per heavy atom. The Kier molecular flexibility index (Phi) is 9.04. The quantitative estimate of drug-likeness (QED) is 0.376. The summed E-state index contributed by atoms with van der Waals surface area (Å²) in [6.07, 6.45) is 4.10. The average Bonchev–Trinajstić information content (AvgIpc) is 3.19. The molecule has 152 valence electrons. The molecule has 1 fully saturated rings. The lowest BCUT2D eigenvalue weighted by Gasteiger charge is -2.36. The third kappa shape index (κ3) is 6.37. The molecule has 0 unspecified atom stereocenters. The number of guanidine groups is 1. The van der Waals surface area contributed by atoms with Crippen LogP contribution >= 0.6 is 35.6 Å². The first-order chi connectivity index (χ1) is 13.2. The molecule has 0 saturated carbocycles. The predicted molar refractivity (Wildman–Crippen MR) is 122 cm³/mol. The highest BCUT2D eigenvalue weighted by molar-refractivity contribution is 14.0. The van der Waals surface area contributed by atoms with Crippen LogP contribution in [-0.4, -0.2) is 71.2 Å². The maximum atomic E-state index is 12.5. The number of piperazine rings is 1. The Balaban J connectivity index is 0.00000280. The van der Waals surface area contributed by atoms with Crippen LogP contribution in [0.1, 0.15) is 5.56 Å². The smallest absolute Gasteiger partial charge is 0.227 e. The van der Waals surface area contributed by atoms with Crippen LogP contribution < -0.4 is 5.32 Å². The van der Waals surface area contributed by atoms with E-state index in [1.807, 2.05) is 46.1 Å². The molecule has 0 radical (unpaired) electrons. The Labute approximate surface area is 187 Å². The molecule has 0 atom stereocenters. The summed E-state index contributed by atoms with van der Waals surface area (Å²) in [7, 11) is 1.78. The molecule has 1 amide bonds. The van der Waals surface area contributed by atoms with Gasteiger partial charge in [-0.1, -0.05) is 23.7 Å². The first kappa shape index (κ1) is 22.5. The zero-order chi connectivity index (χ0) is 19.1. The molecule has 0 bridgehead atoms. The molecule has 1 aromatic carbocycles. The van der Waals surface area contributed by atoms with Crippen molar-refractivity contribution in [1.29, 1.82) is 0 Å². The molecule has 1 aromatic heterocycles. The van der Waals surface area contributed by atoms with Crippen molar-refractivity contribution < 1.29 is 4.79 Å². The SMILES string of the molecule is CN=C(NCCn1cccn1)N1CCN(C(=O)Cc2cccc(Cl)c2)CC1.I. The highest BCUT2D eigenvalue weighted by Gasteiger charge is 2.23. The summed E-state index contributed by atoms with van der Waals surface area (Å²) in [4.78, 5) is 21.0. The summed E-state index contributed by atoms with van der Waals surface area (Å²) >= 11 is 6.00. The number of rotatable bonds is 5. The Morgan fingerprint density at radius 2 is 1.96 bits per heavy atom. The number of amides is 1. The predicted octanol–water partition coefficient (Wildman–Crippen LogP) is 2.12. The number of aromatic nitrogens is 2.